The van der Waals surface area contributed by atoms with Gasteiger partial charge in [-0.25, -0.2) is 13.9 Å². The van der Waals surface area contributed by atoms with Crippen molar-refractivity contribution in [3.8, 4) is 0 Å². The van der Waals surface area contributed by atoms with Gasteiger partial charge in [0.15, 0.2) is 6.10 Å². The van der Waals surface area contributed by atoms with Crippen LogP contribution in [0.5, 0.6) is 0 Å². The van der Waals surface area contributed by atoms with E-state index >= 15 is 0 Å². The van der Waals surface area contributed by atoms with Crippen molar-refractivity contribution in [3.05, 3.63) is 30.9 Å². The number of carbonyl (C=O) groups excluding carboxylic acids is 1. The van der Waals surface area contributed by atoms with Crippen molar-refractivity contribution in [3.63, 3.8) is 0 Å². The summed E-state index contributed by atoms with van der Waals surface area (Å²) in [5.41, 5.74) is 0.417. The van der Waals surface area contributed by atoms with Gasteiger partial charge in [-0.3, -0.25) is 0 Å². The maximum absolute atomic E-state index is 11.9. The molecule has 0 spiro atoms. The first-order valence-electron chi connectivity index (χ1n) is 13.0. The normalized spacial score (nSPS) is 12.1. The lowest BCUT2D eigenvalue weighted by molar-refractivity contribution is -0.671. The predicted octanol–water partition coefficient (Wildman–Crippen LogP) is 6.30. The van der Waals surface area contributed by atoms with Crippen molar-refractivity contribution in [2.45, 2.75) is 116 Å². The minimum atomic E-state index is -0.355. The third-order valence-corrected chi connectivity index (χ3v) is 5.81. The topological polar surface area (TPSA) is 44.3 Å². The lowest BCUT2D eigenvalue weighted by atomic mass is 10.0. The molecule has 0 bridgehead atoms. The van der Waals surface area contributed by atoms with Gasteiger partial charge in [-0.1, -0.05) is 97.0 Å². The van der Waals surface area contributed by atoms with Crippen LogP contribution in [0.25, 0.3) is 0 Å². The number of hydrogen-bond acceptors (Lipinski definition) is 3. The lowest BCUT2D eigenvalue weighted by Gasteiger charge is -2.16. The molecule has 0 saturated carbocycles. The Bertz CT molecular complexity index is 612. The molecule has 0 aromatic carbocycles. The quantitative estimate of drug-likeness (QED) is 0.0957. The summed E-state index contributed by atoms with van der Waals surface area (Å²) in [5.74, 6) is -0.355. The van der Waals surface area contributed by atoms with Crippen LogP contribution in [0, 0.1) is 0 Å². The molecule has 1 rings (SSSR count). The van der Waals surface area contributed by atoms with Gasteiger partial charge in [0, 0.05) is 12.2 Å². The molecular formula is C27H49N2O3+. The second-order valence-corrected chi connectivity index (χ2v) is 9.25. The van der Waals surface area contributed by atoms with Gasteiger partial charge in [-0.15, -0.1) is 0 Å². The van der Waals surface area contributed by atoms with E-state index in [2.05, 4.69) is 13.5 Å². The molecule has 1 unspecified atom stereocenters. The van der Waals surface area contributed by atoms with Crippen molar-refractivity contribution in [1.82, 2.24) is 4.57 Å². The van der Waals surface area contributed by atoms with Crippen LogP contribution in [0.15, 0.2) is 30.9 Å². The Hall–Kier alpha value is -1.62. The van der Waals surface area contributed by atoms with Crippen LogP contribution in [-0.4, -0.2) is 29.9 Å². The first-order chi connectivity index (χ1) is 15.5. The van der Waals surface area contributed by atoms with Crippen molar-refractivity contribution in [2.24, 2.45) is 7.05 Å². The van der Waals surface area contributed by atoms with Crippen molar-refractivity contribution in [2.75, 3.05) is 13.2 Å². The zero-order valence-electron chi connectivity index (χ0n) is 21.2. The van der Waals surface area contributed by atoms with Gasteiger partial charge in [0.1, 0.15) is 18.9 Å². The zero-order chi connectivity index (χ0) is 23.4. The number of aromatic nitrogens is 2. The number of carbonyl (C=O) groups is 1. The highest BCUT2D eigenvalue weighted by Crippen LogP contribution is 2.13. The molecule has 5 nitrogen and oxygen atoms in total. The molecule has 0 fully saturated rings. The van der Waals surface area contributed by atoms with E-state index in [4.69, 9.17) is 9.47 Å². The van der Waals surface area contributed by atoms with E-state index in [1.165, 1.54) is 83.5 Å². The molecule has 1 aromatic rings. The standard InChI is InChI=1S/C27H49N2O3/c1-5-6-7-8-9-10-11-12-13-14-15-16-17-18-21-31-23-26(32-27(30)25(2)3)22-29-20-19-28(4)24-29/h19-20,24,26H,2,5-18,21-23H2,1,3-4H3/q+1. The molecule has 0 amide bonds. The van der Waals surface area contributed by atoms with E-state index in [0.29, 0.717) is 18.7 Å². The second kappa shape index (κ2) is 18.9. The Morgan fingerprint density at radius 3 is 1.94 bits per heavy atom. The third-order valence-electron chi connectivity index (χ3n) is 5.81. The molecule has 184 valence electrons. The van der Waals surface area contributed by atoms with Crippen LogP contribution in [-0.2, 0) is 27.9 Å². The van der Waals surface area contributed by atoms with E-state index in [-0.39, 0.29) is 12.1 Å². The van der Waals surface area contributed by atoms with Crippen LogP contribution >= 0.6 is 0 Å². The zero-order valence-corrected chi connectivity index (χ0v) is 21.2. The average Bonchev–Trinajstić information content (AvgIpc) is 3.17. The van der Waals surface area contributed by atoms with E-state index in [1.807, 2.05) is 34.9 Å². The number of hydrogen-bond donors (Lipinski definition) is 0. The van der Waals surface area contributed by atoms with Crippen LogP contribution < -0.4 is 4.57 Å². The first-order valence-corrected chi connectivity index (χ1v) is 13.0. The lowest BCUT2D eigenvalue weighted by Crippen LogP contribution is -2.30. The highest BCUT2D eigenvalue weighted by Gasteiger charge is 2.18. The number of ether oxygens (including phenoxy) is 2. The molecule has 0 radical (unpaired) electrons. The summed E-state index contributed by atoms with van der Waals surface area (Å²) in [5, 5.41) is 0. The number of aryl methyl sites for hydroxylation is 1. The van der Waals surface area contributed by atoms with Gasteiger partial charge < -0.3 is 9.47 Å². The minimum Gasteiger partial charge on any atom is -0.452 e. The molecule has 0 aliphatic heterocycles. The van der Waals surface area contributed by atoms with Crippen molar-refractivity contribution < 1.29 is 18.8 Å². The molecular weight excluding hydrogens is 400 g/mol. The molecule has 1 atom stereocenters. The van der Waals surface area contributed by atoms with E-state index in [9.17, 15) is 4.79 Å². The molecule has 0 N–H and O–H groups in total. The monoisotopic (exact) mass is 449 g/mol. The third kappa shape index (κ3) is 15.2. The Labute approximate surface area is 197 Å². The van der Waals surface area contributed by atoms with Crippen molar-refractivity contribution in [1.29, 1.82) is 0 Å². The molecule has 1 aromatic heterocycles. The first kappa shape index (κ1) is 28.4. The predicted molar refractivity (Wildman–Crippen MR) is 131 cm³/mol. The van der Waals surface area contributed by atoms with Crippen LogP contribution in [0.4, 0.5) is 0 Å². The SMILES string of the molecule is C=C(C)C(=O)OC(COCCCCCCCCCCCCCCCC)Cn1cc[n+](C)c1. The highest BCUT2D eigenvalue weighted by atomic mass is 16.6. The average molecular weight is 450 g/mol. The summed E-state index contributed by atoms with van der Waals surface area (Å²) in [6.07, 6.45) is 24.5. The summed E-state index contributed by atoms with van der Waals surface area (Å²) in [6, 6.07) is 0. The molecule has 1 heterocycles. The summed E-state index contributed by atoms with van der Waals surface area (Å²) >= 11 is 0. The van der Waals surface area contributed by atoms with E-state index < -0.39 is 0 Å². The van der Waals surface area contributed by atoms with Gasteiger partial charge in [0.05, 0.1) is 13.7 Å². The van der Waals surface area contributed by atoms with Crippen LogP contribution in [0.3, 0.4) is 0 Å². The van der Waals surface area contributed by atoms with Gasteiger partial charge in [-0.2, -0.15) is 0 Å². The Balaban J connectivity index is 2.02. The van der Waals surface area contributed by atoms with Gasteiger partial charge in [-0.05, 0) is 13.3 Å². The molecule has 0 aliphatic carbocycles. The smallest absolute Gasteiger partial charge is 0.333 e. The number of esters is 1. The summed E-state index contributed by atoms with van der Waals surface area (Å²) < 4.78 is 15.4. The fourth-order valence-corrected chi connectivity index (χ4v) is 3.83. The van der Waals surface area contributed by atoms with Gasteiger partial charge >= 0.3 is 5.97 Å². The maximum atomic E-state index is 11.9. The largest absolute Gasteiger partial charge is 0.452 e. The summed E-state index contributed by atoms with van der Waals surface area (Å²) in [4.78, 5) is 11.9. The Morgan fingerprint density at radius 1 is 0.938 bits per heavy atom. The second-order valence-electron chi connectivity index (χ2n) is 9.25. The van der Waals surface area contributed by atoms with E-state index in [1.54, 1.807) is 6.92 Å². The molecule has 0 saturated heterocycles. The fraction of sp³-hybridized carbons (Fsp3) is 0.778. The van der Waals surface area contributed by atoms with Gasteiger partial charge in [0.2, 0.25) is 6.33 Å². The Morgan fingerprint density at radius 2 is 1.47 bits per heavy atom. The minimum absolute atomic E-state index is 0.307. The summed E-state index contributed by atoms with van der Waals surface area (Å²) in [6.45, 7) is 9.34. The molecule has 32 heavy (non-hydrogen) atoms. The Kier molecular flexibility index (Phi) is 16.8. The number of imidazole rings is 1. The number of unbranched alkanes of at least 4 members (excludes halogenated alkanes) is 13. The van der Waals surface area contributed by atoms with Crippen LogP contribution in [0.2, 0.25) is 0 Å². The molecule has 5 heteroatoms. The number of nitrogens with zero attached hydrogens (tertiary/aromatic N) is 2. The summed E-state index contributed by atoms with van der Waals surface area (Å²) in [7, 11) is 1.97. The number of rotatable bonds is 21. The molecule has 0 aliphatic rings. The maximum Gasteiger partial charge on any atom is 0.333 e. The highest BCUT2D eigenvalue weighted by molar-refractivity contribution is 5.87. The van der Waals surface area contributed by atoms with Crippen molar-refractivity contribution >= 4 is 5.97 Å². The van der Waals surface area contributed by atoms with E-state index in [0.717, 1.165) is 13.0 Å². The van der Waals surface area contributed by atoms with Crippen LogP contribution in [0.1, 0.15) is 104 Å². The fourth-order valence-electron chi connectivity index (χ4n) is 3.83. The van der Waals surface area contributed by atoms with Gasteiger partial charge in [0.25, 0.3) is 0 Å².